The Bertz CT molecular complexity index is 1380. The average Bonchev–Trinajstić information content (AvgIpc) is 2.89. The van der Waals surface area contributed by atoms with Crippen molar-refractivity contribution in [3.63, 3.8) is 0 Å². The topological polar surface area (TPSA) is 147 Å². The van der Waals surface area contributed by atoms with Crippen LogP contribution in [-0.4, -0.2) is 46.0 Å². The van der Waals surface area contributed by atoms with Gasteiger partial charge in [-0.25, -0.2) is 33.1 Å². The van der Waals surface area contributed by atoms with Crippen LogP contribution in [0.4, 0.5) is 5.82 Å². The van der Waals surface area contributed by atoms with Gasteiger partial charge in [0.15, 0.2) is 10.9 Å². The molecule has 4 aromatic rings. The molecule has 0 amide bonds. The van der Waals surface area contributed by atoms with Crippen LogP contribution in [0.1, 0.15) is 17.3 Å². The van der Waals surface area contributed by atoms with Crippen molar-refractivity contribution in [2.45, 2.75) is 17.5 Å². The van der Waals surface area contributed by atoms with Gasteiger partial charge in [-0.3, -0.25) is 4.79 Å². The lowest BCUT2D eigenvalue weighted by Crippen LogP contribution is -2.31. The fourth-order valence-electron chi connectivity index (χ4n) is 3.34. The van der Waals surface area contributed by atoms with Gasteiger partial charge in [-0.05, 0) is 42.3 Å². The van der Waals surface area contributed by atoms with Gasteiger partial charge in [-0.15, -0.1) is 0 Å². The van der Waals surface area contributed by atoms with E-state index in [-0.39, 0.29) is 18.0 Å². The molecule has 0 bridgehead atoms. The van der Waals surface area contributed by atoms with Crippen molar-refractivity contribution in [2.75, 3.05) is 11.9 Å². The molecule has 11 heteroatoms. The number of aliphatic carboxylic acids is 1. The molecule has 1 aromatic carbocycles. The molecule has 35 heavy (non-hydrogen) atoms. The molecule has 0 radical (unpaired) electrons. The van der Waals surface area contributed by atoms with Gasteiger partial charge in [0.1, 0.15) is 12.4 Å². The van der Waals surface area contributed by atoms with Gasteiger partial charge in [-0.1, -0.05) is 36.4 Å². The summed E-state index contributed by atoms with van der Waals surface area (Å²) < 4.78 is 28.8. The van der Waals surface area contributed by atoms with Gasteiger partial charge in [-0.2, -0.15) is 0 Å². The fourth-order valence-corrected chi connectivity index (χ4v) is 4.50. The summed E-state index contributed by atoms with van der Waals surface area (Å²) in [4.78, 5) is 27.8. The first-order chi connectivity index (χ1) is 16.9. The zero-order valence-electron chi connectivity index (χ0n) is 18.4. The maximum Gasteiger partial charge on any atom is 0.322 e. The minimum atomic E-state index is -3.95. The van der Waals surface area contributed by atoms with E-state index in [0.29, 0.717) is 17.3 Å². The number of nitrogens with zero attached hydrogens (tertiary/aromatic N) is 4. The summed E-state index contributed by atoms with van der Waals surface area (Å²) in [5.74, 6) is -0.124. The van der Waals surface area contributed by atoms with Crippen LogP contribution in [0.2, 0.25) is 0 Å². The third kappa shape index (κ3) is 6.43. The Morgan fingerprint density at radius 3 is 2.31 bits per heavy atom. The van der Waals surface area contributed by atoms with Crippen LogP contribution >= 0.6 is 0 Å². The summed E-state index contributed by atoms with van der Waals surface area (Å²) >= 11 is 0. The summed E-state index contributed by atoms with van der Waals surface area (Å²) in [7, 11) is -3.95. The second kappa shape index (κ2) is 10.8. The highest BCUT2D eigenvalue weighted by atomic mass is 32.2. The van der Waals surface area contributed by atoms with E-state index in [1.165, 1.54) is 12.3 Å². The summed E-state index contributed by atoms with van der Waals surface area (Å²) in [5.41, 5.74) is 2.11. The zero-order chi connectivity index (χ0) is 24.7. The first-order valence-electron chi connectivity index (χ1n) is 10.6. The molecule has 0 fully saturated rings. The SMILES string of the molecule is O=C(O)CNc1cccc(C(Cc2ccc(-c3ncccn3)cc2)NS(=O)(=O)c2ccccn2)n1. The van der Waals surface area contributed by atoms with Crippen LogP contribution in [0.25, 0.3) is 11.4 Å². The lowest BCUT2D eigenvalue weighted by Gasteiger charge is -2.19. The van der Waals surface area contributed by atoms with E-state index in [2.05, 4.69) is 30.0 Å². The highest BCUT2D eigenvalue weighted by Crippen LogP contribution is 2.23. The molecule has 1 atom stereocenters. The van der Waals surface area contributed by atoms with Crippen LogP contribution in [0, 0.1) is 0 Å². The van der Waals surface area contributed by atoms with E-state index in [1.807, 2.05) is 24.3 Å². The Morgan fingerprint density at radius 2 is 1.63 bits per heavy atom. The number of carbonyl (C=O) groups is 1. The van der Waals surface area contributed by atoms with E-state index in [0.717, 1.165) is 11.1 Å². The number of aromatic nitrogens is 4. The lowest BCUT2D eigenvalue weighted by atomic mass is 10.0. The number of hydrogen-bond donors (Lipinski definition) is 3. The second-order valence-corrected chi connectivity index (χ2v) is 9.17. The Hall–Kier alpha value is -4.22. The lowest BCUT2D eigenvalue weighted by molar-refractivity contribution is -0.134. The molecule has 3 heterocycles. The minimum absolute atomic E-state index is 0.110. The smallest absolute Gasteiger partial charge is 0.322 e. The molecule has 178 valence electrons. The number of rotatable bonds is 10. The maximum absolute atomic E-state index is 13.0. The summed E-state index contributed by atoms with van der Waals surface area (Å²) in [6.45, 7) is -0.316. The van der Waals surface area contributed by atoms with Crippen molar-refractivity contribution in [3.8, 4) is 11.4 Å². The molecule has 4 rings (SSSR count). The van der Waals surface area contributed by atoms with Crippen molar-refractivity contribution >= 4 is 21.8 Å². The van der Waals surface area contributed by atoms with E-state index < -0.39 is 22.0 Å². The van der Waals surface area contributed by atoms with Crippen molar-refractivity contribution in [2.24, 2.45) is 0 Å². The Balaban J connectivity index is 1.63. The quantitative estimate of drug-likeness (QED) is 0.305. The first-order valence-corrected chi connectivity index (χ1v) is 12.1. The number of sulfonamides is 1. The van der Waals surface area contributed by atoms with E-state index in [9.17, 15) is 13.2 Å². The van der Waals surface area contributed by atoms with E-state index >= 15 is 0 Å². The molecular weight excluding hydrogens is 468 g/mol. The Morgan fingerprint density at radius 1 is 0.886 bits per heavy atom. The predicted octanol–water partition coefficient (Wildman–Crippen LogP) is 2.69. The largest absolute Gasteiger partial charge is 0.480 e. The number of pyridine rings is 2. The van der Waals surface area contributed by atoms with E-state index in [1.54, 1.807) is 48.8 Å². The standard InChI is InChI=1S/C24H22N6O4S/c31-23(32)16-28-21-6-3-5-19(29-21)20(30-35(33,34)22-7-1-2-12-25-22)15-17-8-10-18(11-9-17)24-26-13-4-14-27-24/h1-14,20,30H,15-16H2,(H,28,29)(H,31,32). The molecule has 0 saturated carbocycles. The van der Waals surface area contributed by atoms with Crippen molar-refractivity contribution < 1.29 is 18.3 Å². The minimum Gasteiger partial charge on any atom is -0.480 e. The third-order valence-corrected chi connectivity index (χ3v) is 6.36. The highest BCUT2D eigenvalue weighted by Gasteiger charge is 2.24. The third-order valence-electron chi connectivity index (χ3n) is 4.98. The summed E-state index contributed by atoms with van der Waals surface area (Å²) in [6.07, 6.45) is 5.02. The molecule has 0 aliphatic heterocycles. The normalized spacial score (nSPS) is 12.1. The van der Waals surface area contributed by atoms with Crippen LogP contribution in [0.5, 0.6) is 0 Å². The first kappa shape index (κ1) is 23.9. The number of carboxylic acids is 1. The number of carboxylic acid groups (broad SMARTS) is 1. The Kier molecular flexibility index (Phi) is 7.38. The summed E-state index contributed by atoms with van der Waals surface area (Å²) in [6, 6.07) is 18.1. The van der Waals surface area contributed by atoms with E-state index in [4.69, 9.17) is 5.11 Å². The maximum atomic E-state index is 13.0. The Labute approximate surface area is 202 Å². The fraction of sp³-hybridized carbons (Fsp3) is 0.125. The van der Waals surface area contributed by atoms with Gasteiger partial charge in [0.25, 0.3) is 10.0 Å². The van der Waals surface area contributed by atoms with Crippen LogP contribution in [0.3, 0.4) is 0 Å². The van der Waals surface area contributed by atoms with Gasteiger partial charge < -0.3 is 10.4 Å². The average molecular weight is 491 g/mol. The number of anilines is 1. The van der Waals surface area contributed by atoms with Gasteiger partial charge in [0.2, 0.25) is 0 Å². The van der Waals surface area contributed by atoms with Gasteiger partial charge >= 0.3 is 5.97 Å². The molecule has 3 N–H and O–H groups in total. The van der Waals surface area contributed by atoms with Crippen LogP contribution in [0.15, 0.2) is 90.3 Å². The van der Waals surface area contributed by atoms with Crippen molar-refractivity contribution in [3.05, 3.63) is 96.6 Å². The van der Waals surface area contributed by atoms with Crippen LogP contribution < -0.4 is 10.0 Å². The number of benzene rings is 1. The highest BCUT2D eigenvalue weighted by molar-refractivity contribution is 7.89. The number of nitrogens with one attached hydrogen (secondary N) is 2. The van der Waals surface area contributed by atoms with Crippen molar-refractivity contribution in [1.29, 1.82) is 0 Å². The van der Waals surface area contributed by atoms with Gasteiger partial charge in [0, 0.05) is 24.2 Å². The molecule has 10 nitrogen and oxygen atoms in total. The van der Waals surface area contributed by atoms with Gasteiger partial charge in [0.05, 0.1) is 11.7 Å². The van der Waals surface area contributed by atoms with Crippen molar-refractivity contribution in [1.82, 2.24) is 24.7 Å². The van der Waals surface area contributed by atoms with Crippen LogP contribution in [-0.2, 0) is 21.2 Å². The molecule has 1 unspecified atom stereocenters. The monoisotopic (exact) mass is 490 g/mol. The molecule has 0 saturated heterocycles. The number of hydrogen-bond acceptors (Lipinski definition) is 8. The molecule has 0 aliphatic carbocycles. The summed E-state index contributed by atoms with van der Waals surface area (Å²) in [5, 5.41) is 11.5. The molecule has 0 spiro atoms. The molecule has 3 aromatic heterocycles. The second-order valence-electron chi connectivity index (χ2n) is 7.51. The zero-order valence-corrected chi connectivity index (χ0v) is 19.3. The molecule has 0 aliphatic rings. The predicted molar refractivity (Wildman–Crippen MR) is 129 cm³/mol. The molecular formula is C24H22N6O4S.